The van der Waals surface area contributed by atoms with Crippen LogP contribution in [0.3, 0.4) is 0 Å². The van der Waals surface area contributed by atoms with Crippen LogP contribution in [0, 0.1) is 9.49 Å². The van der Waals surface area contributed by atoms with Gasteiger partial charge in [-0.1, -0.05) is 13.8 Å². The predicted octanol–water partition coefficient (Wildman–Crippen LogP) is 2.78. The van der Waals surface area contributed by atoms with Crippen molar-refractivity contribution in [2.24, 2.45) is 11.7 Å². The van der Waals surface area contributed by atoms with Crippen molar-refractivity contribution >= 4 is 28.5 Å². The van der Waals surface area contributed by atoms with Crippen molar-refractivity contribution in [3.05, 3.63) is 33.4 Å². The number of hydrogen-bond acceptors (Lipinski definition) is 2. The highest BCUT2D eigenvalue weighted by Gasteiger charge is 2.26. The molecule has 3 nitrogen and oxygen atoms in total. The van der Waals surface area contributed by atoms with E-state index in [0.29, 0.717) is 18.0 Å². The molecule has 0 radical (unpaired) electrons. The van der Waals surface area contributed by atoms with Gasteiger partial charge in [-0.25, -0.2) is 0 Å². The summed E-state index contributed by atoms with van der Waals surface area (Å²) in [5.41, 5.74) is 6.13. The average molecular weight is 360 g/mol. The van der Waals surface area contributed by atoms with E-state index in [1.165, 1.54) is 0 Å². The lowest BCUT2D eigenvalue weighted by molar-refractivity contribution is 0.0898. The summed E-state index contributed by atoms with van der Waals surface area (Å²) in [5, 5.41) is 3.04. The number of halogens is 1. The Hall–Kier alpha value is -0.620. The summed E-state index contributed by atoms with van der Waals surface area (Å²) in [5.74, 6) is 0.440. The summed E-state index contributed by atoms with van der Waals surface area (Å²) in [6.45, 7) is 6.70. The van der Waals surface area contributed by atoms with Gasteiger partial charge in [0.2, 0.25) is 0 Å². The van der Waals surface area contributed by atoms with Crippen molar-refractivity contribution in [2.75, 3.05) is 6.54 Å². The van der Waals surface area contributed by atoms with Crippen molar-refractivity contribution in [3.63, 3.8) is 0 Å². The molecule has 0 bridgehead atoms. The molecule has 1 aromatic rings. The minimum atomic E-state index is -0.339. The van der Waals surface area contributed by atoms with Crippen molar-refractivity contribution in [1.29, 1.82) is 0 Å². The molecule has 4 heteroatoms. The molecule has 3 N–H and O–H groups in total. The molecule has 0 spiro atoms. The van der Waals surface area contributed by atoms with Gasteiger partial charge in [0.1, 0.15) is 0 Å². The monoisotopic (exact) mass is 360 g/mol. The zero-order chi connectivity index (χ0) is 13.8. The molecule has 18 heavy (non-hydrogen) atoms. The number of carbonyl (C=O) groups excluding carboxylic acids is 1. The van der Waals surface area contributed by atoms with Crippen LogP contribution >= 0.6 is 22.6 Å². The summed E-state index contributed by atoms with van der Waals surface area (Å²) in [6, 6.07) is 7.53. The first kappa shape index (κ1) is 15.4. The zero-order valence-electron chi connectivity index (χ0n) is 11.2. The molecule has 0 heterocycles. The van der Waals surface area contributed by atoms with E-state index in [2.05, 4.69) is 41.8 Å². The van der Waals surface area contributed by atoms with Crippen LogP contribution in [0.5, 0.6) is 0 Å². The maximum absolute atomic E-state index is 12.1. The van der Waals surface area contributed by atoms with Gasteiger partial charge in [0.25, 0.3) is 5.91 Å². The van der Waals surface area contributed by atoms with E-state index in [1.807, 2.05) is 31.2 Å². The summed E-state index contributed by atoms with van der Waals surface area (Å²) < 4.78 is 1.12. The number of carbonyl (C=O) groups is 1. The second kappa shape index (κ2) is 6.52. The number of hydrogen-bond donors (Lipinski definition) is 2. The summed E-state index contributed by atoms with van der Waals surface area (Å²) in [6.07, 6.45) is 0.875. The molecule has 100 valence electrons. The van der Waals surface area contributed by atoms with Gasteiger partial charge >= 0.3 is 0 Å². The van der Waals surface area contributed by atoms with Crippen LogP contribution in [0.25, 0.3) is 0 Å². The second-order valence-electron chi connectivity index (χ2n) is 5.32. The Morgan fingerprint density at radius 2 is 1.94 bits per heavy atom. The van der Waals surface area contributed by atoms with Gasteiger partial charge in [0.05, 0.1) is 0 Å². The van der Waals surface area contributed by atoms with Crippen LogP contribution < -0.4 is 11.1 Å². The lowest BCUT2D eigenvalue weighted by Crippen LogP contribution is -2.52. The zero-order valence-corrected chi connectivity index (χ0v) is 13.3. The van der Waals surface area contributed by atoms with E-state index < -0.39 is 0 Å². The van der Waals surface area contributed by atoms with Crippen LogP contribution in [0.1, 0.15) is 37.6 Å². The van der Waals surface area contributed by atoms with E-state index in [4.69, 9.17) is 5.73 Å². The Balaban J connectivity index is 2.76. The fourth-order valence-electron chi connectivity index (χ4n) is 2.03. The smallest absolute Gasteiger partial charge is 0.251 e. The Morgan fingerprint density at radius 3 is 2.39 bits per heavy atom. The minimum Gasteiger partial charge on any atom is -0.346 e. The van der Waals surface area contributed by atoms with Crippen molar-refractivity contribution in [2.45, 2.75) is 32.7 Å². The highest BCUT2D eigenvalue weighted by Crippen LogP contribution is 2.16. The van der Waals surface area contributed by atoms with Crippen LogP contribution in [-0.2, 0) is 0 Å². The Morgan fingerprint density at radius 1 is 1.39 bits per heavy atom. The van der Waals surface area contributed by atoms with Crippen molar-refractivity contribution in [1.82, 2.24) is 5.32 Å². The molecular formula is C14H21IN2O. The largest absolute Gasteiger partial charge is 0.346 e. The van der Waals surface area contributed by atoms with Gasteiger partial charge in [0.15, 0.2) is 0 Å². The van der Waals surface area contributed by atoms with E-state index in [0.717, 1.165) is 9.99 Å². The third-order valence-electron chi connectivity index (χ3n) is 2.83. The lowest BCUT2D eigenvalue weighted by atomic mass is 9.90. The van der Waals surface area contributed by atoms with Crippen LogP contribution in [0.15, 0.2) is 24.3 Å². The maximum Gasteiger partial charge on any atom is 0.251 e. The SMILES string of the molecule is CC(C)CC(C)(CN)NC(=O)c1ccc(I)cc1. The first-order valence-corrected chi connectivity index (χ1v) is 7.22. The first-order chi connectivity index (χ1) is 8.36. The molecule has 1 rings (SSSR count). The molecule has 0 aromatic heterocycles. The van der Waals surface area contributed by atoms with Gasteiger partial charge in [-0.3, -0.25) is 4.79 Å². The molecule has 0 aliphatic rings. The lowest BCUT2D eigenvalue weighted by Gasteiger charge is -2.31. The molecule has 1 amide bonds. The Labute approximate surface area is 123 Å². The highest BCUT2D eigenvalue weighted by atomic mass is 127. The van der Waals surface area contributed by atoms with Gasteiger partial charge in [-0.05, 0) is 66.1 Å². The van der Waals surface area contributed by atoms with E-state index in [9.17, 15) is 4.79 Å². The molecular weight excluding hydrogens is 339 g/mol. The fourth-order valence-corrected chi connectivity index (χ4v) is 2.39. The van der Waals surface area contributed by atoms with Crippen LogP contribution in [0.4, 0.5) is 0 Å². The summed E-state index contributed by atoms with van der Waals surface area (Å²) in [7, 11) is 0. The topological polar surface area (TPSA) is 55.1 Å². The fraction of sp³-hybridized carbons (Fsp3) is 0.500. The predicted molar refractivity (Wildman–Crippen MR) is 83.5 cm³/mol. The number of nitrogens with two attached hydrogens (primary N) is 1. The molecule has 0 aliphatic carbocycles. The molecule has 1 aromatic carbocycles. The molecule has 1 atom stereocenters. The van der Waals surface area contributed by atoms with Crippen molar-refractivity contribution < 1.29 is 4.79 Å². The third kappa shape index (κ3) is 4.57. The molecule has 0 saturated heterocycles. The number of benzene rings is 1. The first-order valence-electron chi connectivity index (χ1n) is 6.14. The van der Waals surface area contributed by atoms with Crippen molar-refractivity contribution in [3.8, 4) is 0 Å². The average Bonchev–Trinajstić information content (AvgIpc) is 2.28. The second-order valence-corrected chi connectivity index (χ2v) is 6.57. The standard InChI is InChI=1S/C14H21IN2O/c1-10(2)8-14(3,9-16)17-13(18)11-4-6-12(15)7-5-11/h4-7,10H,8-9,16H2,1-3H3,(H,17,18). The third-order valence-corrected chi connectivity index (χ3v) is 3.55. The van der Waals surface area contributed by atoms with Gasteiger partial charge in [-0.2, -0.15) is 0 Å². The number of nitrogens with one attached hydrogen (secondary N) is 1. The molecule has 0 saturated carbocycles. The number of amides is 1. The number of rotatable bonds is 5. The minimum absolute atomic E-state index is 0.0556. The summed E-state index contributed by atoms with van der Waals surface area (Å²) >= 11 is 2.22. The Bertz CT molecular complexity index is 403. The van der Waals surface area contributed by atoms with Gasteiger partial charge in [-0.15, -0.1) is 0 Å². The molecule has 0 fully saturated rings. The quantitative estimate of drug-likeness (QED) is 0.794. The van der Waals surface area contributed by atoms with Gasteiger partial charge in [0, 0.05) is 21.2 Å². The van der Waals surface area contributed by atoms with Crippen LogP contribution in [0.2, 0.25) is 0 Å². The maximum atomic E-state index is 12.1. The molecule has 1 unspecified atom stereocenters. The van der Waals surface area contributed by atoms with E-state index in [1.54, 1.807) is 0 Å². The van der Waals surface area contributed by atoms with Crippen LogP contribution in [-0.4, -0.2) is 18.0 Å². The van der Waals surface area contributed by atoms with E-state index >= 15 is 0 Å². The van der Waals surface area contributed by atoms with Gasteiger partial charge < -0.3 is 11.1 Å². The van der Waals surface area contributed by atoms with E-state index in [-0.39, 0.29) is 11.4 Å². The highest BCUT2D eigenvalue weighted by molar-refractivity contribution is 14.1. The summed E-state index contributed by atoms with van der Waals surface area (Å²) in [4.78, 5) is 12.1. The Kier molecular flexibility index (Phi) is 5.59. The normalized spacial score (nSPS) is 14.3. The molecule has 0 aliphatic heterocycles.